The molecule has 0 amide bonds. The van der Waals surface area contributed by atoms with E-state index in [4.69, 9.17) is 29.0 Å². The van der Waals surface area contributed by atoms with Gasteiger partial charge in [0.15, 0.2) is 0 Å². The second-order valence-electron chi connectivity index (χ2n) is 10.0. The zero-order chi connectivity index (χ0) is 29.5. The lowest BCUT2D eigenvalue weighted by Gasteiger charge is -2.15. The second-order valence-corrected chi connectivity index (χ2v) is 10.0. The Balaban J connectivity index is 1.86. The summed E-state index contributed by atoms with van der Waals surface area (Å²) in [6, 6.07) is 14.5. The molecule has 0 spiro atoms. The Morgan fingerprint density at radius 3 is 1.46 bits per heavy atom. The third kappa shape index (κ3) is 15.1. The molecule has 0 heterocycles. The Bertz CT molecular complexity index is 889. The summed E-state index contributed by atoms with van der Waals surface area (Å²) in [5, 5.41) is 0. The maximum atomic E-state index is 12.6. The van der Waals surface area contributed by atoms with Gasteiger partial charge in [0.25, 0.3) is 0 Å². The number of hydrogen-bond donors (Lipinski definition) is 0. The number of carbonyl (C=O) groups excluding carboxylic acids is 2. The van der Waals surface area contributed by atoms with Crippen LogP contribution in [-0.4, -0.2) is 44.7 Å². The van der Waals surface area contributed by atoms with Crippen molar-refractivity contribution in [2.24, 2.45) is 0 Å². The summed E-state index contributed by atoms with van der Waals surface area (Å²) >= 11 is 0. The SMILES string of the molecule is CCCCCc1ccc(C(=O)OOC(CCOCCCOCCC)OOC(=O)c2ccc(CCCCC)cc2)cc1. The first-order chi connectivity index (χ1) is 20.1. The van der Waals surface area contributed by atoms with Gasteiger partial charge >= 0.3 is 11.9 Å². The molecule has 0 bridgehead atoms. The van der Waals surface area contributed by atoms with E-state index in [0.717, 1.165) is 69.1 Å². The van der Waals surface area contributed by atoms with Crippen molar-refractivity contribution in [3.8, 4) is 0 Å². The van der Waals surface area contributed by atoms with E-state index < -0.39 is 18.2 Å². The zero-order valence-electron chi connectivity index (χ0n) is 25.1. The van der Waals surface area contributed by atoms with Gasteiger partial charge in [0, 0.05) is 26.2 Å². The van der Waals surface area contributed by atoms with E-state index in [1.165, 1.54) is 12.8 Å². The second kappa shape index (κ2) is 21.9. The quantitative estimate of drug-likeness (QED) is 0.0583. The minimum atomic E-state index is -1.17. The molecular weight excluding hydrogens is 524 g/mol. The fourth-order valence-electron chi connectivity index (χ4n) is 3.97. The number of carbonyl (C=O) groups is 2. The van der Waals surface area contributed by atoms with Gasteiger partial charge in [0.05, 0.1) is 17.7 Å². The fourth-order valence-corrected chi connectivity index (χ4v) is 3.97. The average Bonchev–Trinajstić information content (AvgIpc) is 3.00. The molecule has 0 fully saturated rings. The molecule has 0 aromatic heterocycles. The van der Waals surface area contributed by atoms with Gasteiger partial charge in [-0.25, -0.2) is 9.59 Å². The van der Waals surface area contributed by atoms with Gasteiger partial charge in [0.2, 0.25) is 6.29 Å². The van der Waals surface area contributed by atoms with E-state index in [9.17, 15) is 9.59 Å². The van der Waals surface area contributed by atoms with E-state index >= 15 is 0 Å². The number of benzene rings is 2. The molecular formula is C33H48O8. The van der Waals surface area contributed by atoms with Crippen LogP contribution in [-0.2, 0) is 41.9 Å². The molecule has 0 unspecified atom stereocenters. The summed E-state index contributed by atoms with van der Waals surface area (Å²) in [5.41, 5.74) is 3.02. The lowest BCUT2D eigenvalue weighted by Crippen LogP contribution is -2.24. The molecule has 0 N–H and O–H groups in total. The molecule has 2 aromatic carbocycles. The highest BCUT2D eigenvalue weighted by Crippen LogP contribution is 2.14. The molecule has 8 heteroatoms. The number of rotatable bonds is 23. The predicted octanol–water partition coefficient (Wildman–Crippen LogP) is 7.58. The molecule has 2 aromatic rings. The number of hydrogen-bond acceptors (Lipinski definition) is 8. The summed E-state index contributed by atoms with van der Waals surface area (Å²) < 4.78 is 11.1. The zero-order valence-corrected chi connectivity index (χ0v) is 25.1. The maximum Gasteiger partial charge on any atom is 0.373 e. The van der Waals surface area contributed by atoms with Gasteiger partial charge < -0.3 is 9.47 Å². The van der Waals surface area contributed by atoms with Gasteiger partial charge in [-0.3, -0.25) is 9.78 Å². The highest BCUT2D eigenvalue weighted by Gasteiger charge is 2.20. The van der Waals surface area contributed by atoms with Gasteiger partial charge in [-0.1, -0.05) is 70.7 Å². The summed E-state index contributed by atoms with van der Waals surface area (Å²) in [5.74, 6) is -1.34. The van der Waals surface area contributed by atoms with Gasteiger partial charge in [-0.2, -0.15) is 0 Å². The monoisotopic (exact) mass is 572 g/mol. The Hall–Kier alpha value is -2.78. The van der Waals surface area contributed by atoms with Crippen molar-refractivity contribution in [3.63, 3.8) is 0 Å². The summed E-state index contributed by atoms with van der Waals surface area (Å²) in [4.78, 5) is 45.6. The van der Waals surface area contributed by atoms with Crippen LogP contribution in [0.15, 0.2) is 48.5 Å². The topological polar surface area (TPSA) is 89.5 Å². The smallest absolute Gasteiger partial charge is 0.373 e. The van der Waals surface area contributed by atoms with Gasteiger partial charge in [-0.15, -0.1) is 9.78 Å². The van der Waals surface area contributed by atoms with Crippen LogP contribution in [0.5, 0.6) is 0 Å². The number of aryl methyl sites for hydroxylation is 2. The number of unbranched alkanes of at least 4 members (excludes halogenated alkanes) is 4. The Morgan fingerprint density at radius 2 is 1.02 bits per heavy atom. The largest absolute Gasteiger partial charge is 0.381 e. The molecule has 0 radical (unpaired) electrons. The van der Waals surface area contributed by atoms with Crippen LogP contribution >= 0.6 is 0 Å². The third-order valence-electron chi connectivity index (χ3n) is 6.40. The number of ether oxygens (including phenoxy) is 2. The predicted molar refractivity (Wildman–Crippen MR) is 157 cm³/mol. The van der Waals surface area contributed by atoms with Crippen molar-refractivity contribution >= 4 is 11.9 Å². The van der Waals surface area contributed by atoms with Crippen molar-refractivity contribution < 1.29 is 38.6 Å². The third-order valence-corrected chi connectivity index (χ3v) is 6.40. The first kappa shape index (κ1) is 34.4. The molecule has 41 heavy (non-hydrogen) atoms. The lowest BCUT2D eigenvalue weighted by molar-refractivity contribution is -0.422. The molecule has 8 nitrogen and oxygen atoms in total. The van der Waals surface area contributed by atoms with E-state index in [1.807, 2.05) is 24.3 Å². The molecule has 0 aliphatic heterocycles. The molecule has 0 saturated carbocycles. The van der Waals surface area contributed by atoms with E-state index in [0.29, 0.717) is 24.3 Å². The molecule has 2 rings (SSSR count). The minimum absolute atomic E-state index is 0.170. The maximum absolute atomic E-state index is 12.6. The van der Waals surface area contributed by atoms with E-state index in [-0.39, 0.29) is 13.0 Å². The highest BCUT2D eigenvalue weighted by atomic mass is 17.3. The fraction of sp³-hybridized carbons (Fsp3) is 0.576. The summed E-state index contributed by atoms with van der Waals surface area (Å²) in [7, 11) is 0. The van der Waals surface area contributed by atoms with Crippen LogP contribution in [0.3, 0.4) is 0 Å². The minimum Gasteiger partial charge on any atom is -0.381 e. The molecule has 0 saturated heterocycles. The normalized spacial score (nSPS) is 11.1. The van der Waals surface area contributed by atoms with Crippen molar-refractivity contribution in [1.29, 1.82) is 0 Å². The van der Waals surface area contributed by atoms with Crippen LogP contribution in [0.25, 0.3) is 0 Å². The van der Waals surface area contributed by atoms with Crippen LogP contribution in [0.4, 0.5) is 0 Å². The average molecular weight is 573 g/mol. The van der Waals surface area contributed by atoms with Crippen molar-refractivity contribution in [2.45, 2.75) is 97.7 Å². The van der Waals surface area contributed by atoms with Crippen molar-refractivity contribution in [3.05, 3.63) is 70.8 Å². The standard InChI is InChI=1S/C33H48O8/c1-4-7-9-12-27-14-18-29(19-15-27)32(34)40-38-31(22-26-37-25-11-24-36-23-6-3)39-41-33(35)30-20-16-28(17-21-30)13-10-8-5-2/h14-21,31H,4-13,22-26H2,1-3H3. The van der Waals surface area contributed by atoms with Crippen LogP contribution < -0.4 is 0 Å². The van der Waals surface area contributed by atoms with E-state index in [1.54, 1.807) is 24.3 Å². The van der Waals surface area contributed by atoms with Crippen LogP contribution in [0.1, 0.15) is 110 Å². The van der Waals surface area contributed by atoms with Gasteiger partial charge in [0.1, 0.15) is 0 Å². The Labute approximate surface area is 245 Å². The first-order valence-corrected chi connectivity index (χ1v) is 15.2. The van der Waals surface area contributed by atoms with Crippen molar-refractivity contribution in [2.75, 3.05) is 26.4 Å². The molecule has 0 atom stereocenters. The highest BCUT2D eigenvalue weighted by molar-refractivity contribution is 5.89. The molecule has 228 valence electrons. The summed E-state index contributed by atoms with van der Waals surface area (Å²) in [6.07, 6.45) is 9.53. The summed E-state index contributed by atoms with van der Waals surface area (Å²) in [6.45, 7) is 8.47. The van der Waals surface area contributed by atoms with Crippen LogP contribution in [0.2, 0.25) is 0 Å². The van der Waals surface area contributed by atoms with Gasteiger partial charge in [-0.05, 0) is 73.9 Å². The Kier molecular flexibility index (Phi) is 18.4. The Morgan fingerprint density at radius 1 is 0.561 bits per heavy atom. The molecule has 0 aliphatic carbocycles. The van der Waals surface area contributed by atoms with E-state index in [2.05, 4.69) is 20.8 Å². The van der Waals surface area contributed by atoms with Crippen LogP contribution in [0, 0.1) is 0 Å². The first-order valence-electron chi connectivity index (χ1n) is 15.2. The lowest BCUT2D eigenvalue weighted by atomic mass is 10.1. The van der Waals surface area contributed by atoms with Crippen molar-refractivity contribution in [1.82, 2.24) is 0 Å². The molecule has 0 aliphatic rings.